The molecule has 1 heterocycles. The van der Waals surface area contributed by atoms with Gasteiger partial charge in [-0.15, -0.1) is 0 Å². The zero-order valence-corrected chi connectivity index (χ0v) is 8.99. The monoisotopic (exact) mass is 260 g/mol. The highest BCUT2D eigenvalue weighted by molar-refractivity contribution is 7.46. The molecule has 0 saturated carbocycles. The van der Waals surface area contributed by atoms with Crippen LogP contribution in [0, 0.1) is 0 Å². The van der Waals surface area contributed by atoms with Crippen LogP contribution in [0.15, 0.2) is 0 Å². The smallest absolute Gasteiger partial charge is 0.393 e. The van der Waals surface area contributed by atoms with Gasteiger partial charge in [0.05, 0.1) is 19.8 Å². The van der Waals surface area contributed by atoms with Crippen LogP contribution >= 0.6 is 7.82 Å². The third-order valence-corrected chi connectivity index (χ3v) is 2.32. The van der Waals surface area contributed by atoms with E-state index in [-0.39, 0.29) is 6.61 Å². The van der Waals surface area contributed by atoms with Crippen LogP contribution in [0.4, 0.5) is 0 Å². The molecular formula is C6H13O9P. The molecule has 0 spiro atoms. The highest BCUT2D eigenvalue weighted by atomic mass is 31.2. The van der Waals surface area contributed by atoms with E-state index < -0.39 is 39.2 Å². The second-order valence-electron chi connectivity index (χ2n) is 3.17. The van der Waals surface area contributed by atoms with Crippen LogP contribution in [-0.2, 0) is 18.6 Å². The molecule has 3 atom stereocenters. The molecule has 96 valence electrons. The molecule has 1 rings (SSSR count). The highest BCUT2D eigenvalue weighted by Crippen LogP contribution is 2.37. The van der Waals surface area contributed by atoms with Gasteiger partial charge < -0.3 is 34.6 Å². The third-order valence-electron chi connectivity index (χ3n) is 1.83. The van der Waals surface area contributed by atoms with Crippen molar-refractivity contribution in [1.82, 2.24) is 0 Å². The van der Waals surface area contributed by atoms with Gasteiger partial charge >= 0.3 is 13.8 Å². The van der Waals surface area contributed by atoms with Crippen molar-refractivity contribution >= 4 is 7.82 Å². The molecule has 0 aromatic rings. The average Bonchev–Trinajstić information content (AvgIpc) is 2.56. The maximum absolute atomic E-state index is 10.4. The van der Waals surface area contributed by atoms with Gasteiger partial charge in [0, 0.05) is 0 Å². The Morgan fingerprint density at radius 3 is 2.69 bits per heavy atom. The predicted octanol–water partition coefficient (Wildman–Crippen LogP) is -2.49. The summed E-state index contributed by atoms with van der Waals surface area (Å²) < 4.78 is 23.9. The average molecular weight is 260 g/mol. The van der Waals surface area contributed by atoms with Crippen molar-refractivity contribution in [2.24, 2.45) is 0 Å². The number of ether oxygens (including phenoxy) is 2. The second-order valence-corrected chi connectivity index (χ2v) is 4.41. The largest absolute Gasteiger partial charge is 0.469 e. The SMILES string of the molecule is O=P(O)(O)OCC1COC(O)(C(O)CO)O1. The number of rotatable bonds is 5. The van der Waals surface area contributed by atoms with Crippen molar-refractivity contribution < 1.29 is 43.7 Å². The lowest BCUT2D eigenvalue weighted by molar-refractivity contribution is -0.358. The first kappa shape index (κ1) is 14.0. The molecular weight excluding hydrogens is 247 g/mol. The molecule has 1 aliphatic heterocycles. The molecule has 0 aromatic carbocycles. The van der Waals surface area contributed by atoms with Crippen LogP contribution in [0.2, 0.25) is 0 Å². The molecule has 0 aromatic heterocycles. The summed E-state index contributed by atoms with van der Waals surface area (Å²) in [5.41, 5.74) is 0. The number of phosphoric acid groups is 1. The van der Waals surface area contributed by atoms with Crippen molar-refractivity contribution in [3.8, 4) is 0 Å². The van der Waals surface area contributed by atoms with Gasteiger partial charge in [-0.05, 0) is 0 Å². The fourth-order valence-corrected chi connectivity index (χ4v) is 1.43. The number of hydrogen-bond donors (Lipinski definition) is 5. The van der Waals surface area contributed by atoms with E-state index in [9.17, 15) is 9.67 Å². The summed E-state index contributed by atoms with van der Waals surface area (Å²) >= 11 is 0. The summed E-state index contributed by atoms with van der Waals surface area (Å²) in [6.45, 7) is -1.53. The van der Waals surface area contributed by atoms with Gasteiger partial charge in [0.2, 0.25) is 0 Å². The first-order valence-corrected chi connectivity index (χ1v) is 5.83. The number of hydrogen-bond acceptors (Lipinski definition) is 7. The molecule has 16 heavy (non-hydrogen) atoms. The molecule has 10 heteroatoms. The molecule has 9 nitrogen and oxygen atoms in total. The highest BCUT2D eigenvalue weighted by Gasteiger charge is 2.46. The third kappa shape index (κ3) is 3.74. The van der Waals surface area contributed by atoms with E-state index >= 15 is 0 Å². The second kappa shape index (κ2) is 5.05. The quantitative estimate of drug-likeness (QED) is 0.339. The molecule has 0 amide bonds. The summed E-state index contributed by atoms with van der Waals surface area (Å²) in [4.78, 5) is 16.8. The van der Waals surface area contributed by atoms with Gasteiger partial charge in [-0.2, -0.15) is 0 Å². The van der Waals surface area contributed by atoms with Gasteiger partial charge in [-0.1, -0.05) is 0 Å². The van der Waals surface area contributed by atoms with Gasteiger partial charge in [0.15, 0.2) is 6.10 Å². The van der Waals surface area contributed by atoms with Crippen molar-refractivity contribution in [3.63, 3.8) is 0 Å². The van der Waals surface area contributed by atoms with Crippen molar-refractivity contribution in [3.05, 3.63) is 0 Å². The lowest BCUT2D eigenvalue weighted by Gasteiger charge is -2.25. The Hall–Kier alpha value is -0.0900. The van der Waals surface area contributed by atoms with Crippen LogP contribution < -0.4 is 0 Å². The summed E-state index contributed by atoms with van der Waals surface area (Å²) in [6.07, 6.45) is -2.62. The molecule has 1 saturated heterocycles. The van der Waals surface area contributed by atoms with Crippen LogP contribution in [0.25, 0.3) is 0 Å². The van der Waals surface area contributed by atoms with E-state index in [0.717, 1.165) is 0 Å². The minimum absolute atomic E-state index is 0.229. The Labute approximate surface area is 90.4 Å². The first-order valence-electron chi connectivity index (χ1n) is 4.30. The van der Waals surface area contributed by atoms with Crippen LogP contribution in [0.5, 0.6) is 0 Å². The topological polar surface area (TPSA) is 146 Å². The van der Waals surface area contributed by atoms with E-state index in [2.05, 4.69) is 9.26 Å². The van der Waals surface area contributed by atoms with Gasteiger partial charge in [-0.25, -0.2) is 4.57 Å². The van der Waals surface area contributed by atoms with E-state index in [1.54, 1.807) is 0 Å². The van der Waals surface area contributed by atoms with Crippen LogP contribution in [-0.4, -0.2) is 63.1 Å². The fourth-order valence-electron chi connectivity index (χ4n) is 1.07. The molecule has 0 radical (unpaired) electrons. The first-order chi connectivity index (χ1) is 7.27. The summed E-state index contributed by atoms with van der Waals surface area (Å²) in [7, 11) is -4.62. The maximum atomic E-state index is 10.4. The number of aliphatic hydroxyl groups excluding tert-OH is 2. The Morgan fingerprint density at radius 1 is 1.56 bits per heavy atom. The summed E-state index contributed by atoms with van der Waals surface area (Å²) in [6, 6.07) is 0. The van der Waals surface area contributed by atoms with Crippen LogP contribution in [0.3, 0.4) is 0 Å². The standard InChI is InChI=1S/C6H13O9P/c7-1-5(8)6(9)13-2-4(15-6)3-14-16(10,11)12/h4-5,7-9H,1-3H2,(H2,10,11,12). The normalized spacial score (nSPS) is 32.9. The Balaban J connectivity index is 2.43. The minimum atomic E-state index is -4.62. The van der Waals surface area contributed by atoms with Gasteiger partial charge in [0.25, 0.3) is 0 Å². The van der Waals surface area contributed by atoms with E-state index in [1.165, 1.54) is 0 Å². The zero-order valence-electron chi connectivity index (χ0n) is 8.09. The molecule has 5 N–H and O–H groups in total. The minimum Gasteiger partial charge on any atom is -0.393 e. The summed E-state index contributed by atoms with van der Waals surface area (Å²) in [5.74, 6) is -2.38. The maximum Gasteiger partial charge on any atom is 0.469 e. The zero-order chi connectivity index (χ0) is 12.4. The van der Waals surface area contributed by atoms with Gasteiger partial charge in [0.1, 0.15) is 6.10 Å². The Kier molecular flexibility index (Phi) is 4.41. The van der Waals surface area contributed by atoms with Crippen molar-refractivity contribution in [2.75, 3.05) is 19.8 Å². The van der Waals surface area contributed by atoms with Crippen molar-refractivity contribution in [1.29, 1.82) is 0 Å². The van der Waals surface area contributed by atoms with Gasteiger partial charge in [-0.3, -0.25) is 4.52 Å². The molecule has 0 aliphatic carbocycles. The Morgan fingerprint density at radius 2 is 2.19 bits per heavy atom. The van der Waals surface area contributed by atoms with Crippen LogP contribution in [0.1, 0.15) is 0 Å². The Bertz CT molecular complexity index is 277. The predicted molar refractivity (Wildman–Crippen MR) is 46.9 cm³/mol. The van der Waals surface area contributed by atoms with E-state index in [0.29, 0.717) is 0 Å². The van der Waals surface area contributed by atoms with E-state index in [4.69, 9.17) is 24.7 Å². The molecule has 1 fully saturated rings. The lowest BCUT2D eigenvalue weighted by Crippen LogP contribution is -2.46. The number of aliphatic hydroxyl groups is 3. The number of phosphoric ester groups is 1. The molecule has 1 aliphatic rings. The molecule has 0 bridgehead atoms. The van der Waals surface area contributed by atoms with Crippen molar-refractivity contribution in [2.45, 2.75) is 18.2 Å². The fraction of sp³-hybridized carbons (Fsp3) is 1.00. The molecule has 3 unspecified atom stereocenters. The summed E-state index contributed by atoms with van der Waals surface area (Å²) in [5, 5.41) is 27.2. The lowest BCUT2D eigenvalue weighted by atomic mass is 10.3. The van der Waals surface area contributed by atoms with E-state index in [1.807, 2.05) is 0 Å².